The molecule has 8 heteroatoms. The molecule has 2 N–H and O–H groups in total. The van der Waals surface area contributed by atoms with Crippen molar-refractivity contribution in [3.05, 3.63) is 96.1 Å². The predicted octanol–water partition coefficient (Wildman–Crippen LogP) is 5.07. The topological polar surface area (TPSA) is 70.7 Å². The maximum absolute atomic E-state index is 13.4. The first-order valence-electron chi connectivity index (χ1n) is 11.0. The minimum Gasteiger partial charge on any atom is -0.377 e. The highest BCUT2D eigenvalue weighted by molar-refractivity contribution is 5.99. The summed E-state index contributed by atoms with van der Waals surface area (Å²) in [5, 5.41) is 5.45. The summed E-state index contributed by atoms with van der Waals surface area (Å²) < 4.78 is 32.3. The largest absolute Gasteiger partial charge is 0.377 e. The van der Waals surface area contributed by atoms with Crippen LogP contribution in [0.1, 0.15) is 18.4 Å². The summed E-state index contributed by atoms with van der Waals surface area (Å²) in [4.78, 5) is 27.3. The van der Waals surface area contributed by atoms with E-state index >= 15 is 0 Å². The van der Waals surface area contributed by atoms with Gasteiger partial charge < -0.3 is 15.4 Å². The first-order valence-corrected chi connectivity index (χ1v) is 11.0. The van der Waals surface area contributed by atoms with Crippen molar-refractivity contribution in [2.24, 2.45) is 5.92 Å². The fourth-order valence-corrected chi connectivity index (χ4v) is 3.94. The highest BCUT2D eigenvalue weighted by atomic mass is 19.1. The van der Waals surface area contributed by atoms with Crippen LogP contribution >= 0.6 is 0 Å². The van der Waals surface area contributed by atoms with Gasteiger partial charge in [0.05, 0.1) is 6.61 Å². The highest BCUT2D eigenvalue weighted by Crippen LogP contribution is 2.31. The average molecular weight is 466 g/mol. The molecule has 0 unspecified atom stereocenters. The van der Waals surface area contributed by atoms with Crippen LogP contribution in [-0.2, 0) is 16.1 Å². The molecule has 3 aromatic rings. The number of hydrogen-bond acceptors (Lipinski definition) is 3. The van der Waals surface area contributed by atoms with E-state index < -0.39 is 23.8 Å². The van der Waals surface area contributed by atoms with Crippen LogP contribution in [0.4, 0.5) is 25.0 Å². The summed E-state index contributed by atoms with van der Waals surface area (Å²) in [7, 11) is 0. The van der Waals surface area contributed by atoms with Gasteiger partial charge in [-0.05, 0) is 66.9 Å². The van der Waals surface area contributed by atoms with Gasteiger partial charge in [0.25, 0.3) is 0 Å². The van der Waals surface area contributed by atoms with E-state index in [1.165, 1.54) is 53.4 Å². The third kappa shape index (κ3) is 5.96. The van der Waals surface area contributed by atoms with Crippen molar-refractivity contribution >= 4 is 23.3 Å². The zero-order chi connectivity index (χ0) is 23.9. The van der Waals surface area contributed by atoms with E-state index in [2.05, 4.69) is 10.6 Å². The third-order valence-electron chi connectivity index (χ3n) is 5.63. The van der Waals surface area contributed by atoms with Crippen molar-refractivity contribution in [3.63, 3.8) is 0 Å². The van der Waals surface area contributed by atoms with Gasteiger partial charge in [-0.25, -0.2) is 13.6 Å². The number of urea groups is 1. The molecule has 3 amide bonds. The molecule has 0 saturated carbocycles. The summed E-state index contributed by atoms with van der Waals surface area (Å²) in [6.07, 6.45) is 0.237. The second-order valence-electron chi connectivity index (χ2n) is 8.07. The van der Waals surface area contributed by atoms with Crippen LogP contribution in [0.5, 0.6) is 0 Å². The van der Waals surface area contributed by atoms with Gasteiger partial charge in [0.15, 0.2) is 0 Å². The van der Waals surface area contributed by atoms with E-state index in [1.54, 1.807) is 0 Å². The fraction of sp³-hybridized carbons (Fsp3) is 0.231. The maximum Gasteiger partial charge on any atom is 0.320 e. The Morgan fingerprint density at radius 2 is 1.59 bits per heavy atom. The van der Waals surface area contributed by atoms with E-state index in [0.717, 1.165) is 5.56 Å². The Hall–Kier alpha value is -3.78. The van der Waals surface area contributed by atoms with Crippen molar-refractivity contribution in [1.29, 1.82) is 0 Å². The van der Waals surface area contributed by atoms with Gasteiger partial charge in [-0.3, -0.25) is 9.69 Å². The number of carbonyl (C=O) groups is 2. The summed E-state index contributed by atoms with van der Waals surface area (Å²) in [6.45, 7) is 0.836. The quantitative estimate of drug-likeness (QED) is 0.456. The minimum atomic E-state index is -0.627. The van der Waals surface area contributed by atoms with Crippen molar-refractivity contribution in [2.45, 2.75) is 25.6 Å². The second-order valence-corrected chi connectivity index (χ2v) is 8.07. The molecule has 1 saturated heterocycles. The first kappa shape index (κ1) is 23.4. The average Bonchev–Trinajstić information content (AvgIpc) is 3.14. The molecule has 4 rings (SSSR count). The van der Waals surface area contributed by atoms with Crippen molar-refractivity contribution < 1.29 is 23.1 Å². The molecule has 2 atom stereocenters. The Morgan fingerprint density at radius 3 is 2.26 bits per heavy atom. The minimum absolute atomic E-state index is 0.165. The molecule has 0 radical (unpaired) electrons. The number of nitrogens with zero attached hydrogens (tertiary/aromatic N) is 1. The van der Waals surface area contributed by atoms with Gasteiger partial charge in [-0.2, -0.15) is 0 Å². The van der Waals surface area contributed by atoms with Gasteiger partial charge in [-0.15, -0.1) is 0 Å². The smallest absolute Gasteiger partial charge is 0.320 e. The Labute approximate surface area is 196 Å². The molecule has 0 bridgehead atoms. The highest BCUT2D eigenvalue weighted by Gasteiger charge is 2.40. The lowest BCUT2D eigenvalue weighted by molar-refractivity contribution is -0.121. The van der Waals surface area contributed by atoms with E-state index in [1.807, 2.05) is 30.3 Å². The van der Waals surface area contributed by atoms with E-state index in [-0.39, 0.29) is 11.8 Å². The van der Waals surface area contributed by atoms with Crippen LogP contribution < -0.4 is 15.5 Å². The third-order valence-corrected chi connectivity index (χ3v) is 5.63. The number of rotatable bonds is 8. The lowest BCUT2D eigenvalue weighted by Crippen LogP contribution is -2.47. The molecule has 3 aromatic carbocycles. The molecule has 1 aliphatic heterocycles. The molecule has 0 aliphatic carbocycles. The molecule has 1 fully saturated rings. The van der Waals surface area contributed by atoms with Gasteiger partial charge >= 0.3 is 6.03 Å². The van der Waals surface area contributed by atoms with Gasteiger partial charge in [0.2, 0.25) is 5.91 Å². The standard InChI is InChI=1S/C26H25F2N3O3/c27-20-6-10-22(11-7-20)29-26(33)30-24-16-19(14-15-34-17-18-4-2-1-3-5-18)25(32)31(24)23-12-8-21(28)9-13-23/h1-13,19,24H,14-17H2,(H2,29,30,33)/t19-,24+/m0/s1. The summed E-state index contributed by atoms with van der Waals surface area (Å²) in [6, 6.07) is 20.1. The zero-order valence-electron chi connectivity index (χ0n) is 18.4. The van der Waals surface area contributed by atoms with Crippen LogP contribution in [0.3, 0.4) is 0 Å². The molecular formula is C26H25F2N3O3. The first-order chi connectivity index (χ1) is 16.5. The van der Waals surface area contributed by atoms with Crippen molar-refractivity contribution in [3.8, 4) is 0 Å². The second kappa shape index (κ2) is 10.9. The van der Waals surface area contributed by atoms with Crippen LogP contribution in [-0.4, -0.2) is 24.7 Å². The SMILES string of the molecule is O=C(Nc1ccc(F)cc1)N[C@H]1C[C@H](CCOCc2ccccc2)C(=O)N1c1ccc(F)cc1. The van der Waals surface area contributed by atoms with Crippen LogP contribution in [0.15, 0.2) is 78.9 Å². The van der Waals surface area contributed by atoms with Crippen molar-refractivity contribution in [2.75, 3.05) is 16.8 Å². The van der Waals surface area contributed by atoms with Gasteiger partial charge in [0, 0.05) is 23.9 Å². The Morgan fingerprint density at radius 1 is 0.941 bits per heavy atom. The van der Waals surface area contributed by atoms with E-state index in [0.29, 0.717) is 37.4 Å². The fourth-order valence-electron chi connectivity index (χ4n) is 3.94. The Kier molecular flexibility index (Phi) is 7.49. The van der Waals surface area contributed by atoms with E-state index in [4.69, 9.17) is 4.74 Å². The van der Waals surface area contributed by atoms with Gasteiger partial charge in [0.1, 0.15) is 17.8 Å². The molecule has 6 nitrogen and oxygen atoms in total. The van der Waals surface area contributed by atoms with Crippen LogP contribution in [0.2, 0.25) is 0 Å². The number of benzene rings is 3. The number of nitrogens with one attached hydrogen (secondary N) is 2. The molecule has 1 aliphatic rings. The molecule has 0 aromatic heterocycles. The molecule has 1 heterocycles. The Balaban J connectivity index is 1.40. The summed E-state index contributed by atoms with van der Waals surface area (Å²) in [5.74, 6) is -1.36. The zero-order valence-corrected chi connectivity index (χ0v) is 18.4. The molecule has 0 spiro atoms. The summed E-state index contributed by atoms with van der Waals surface area (Å²) in [5.41, 5.74) is 1.96. The molecule has 176 valence electrons. The number of anilines is 2. The lowest BCUT2D eigenvalue weighted by Gasteiger charge is -2.25. The van der Waals surface area contributed by atoms with Crippen LogP contribution in [0.25, 0.3) is 0 Å². The summed E-state index contributed by atoms with van der Waals surface area (Å²) >= 11 is 0. The molecule has 34 heavy (non-hydrogen) atoms. The number of amides is 3. The lowest BCUT2D eigenvalue weighted by atomic mass is 10.0. The normalized spacial score (nSPS) is 17.6. The van der Waals surface area contributed by atoms with Crippen LogP contribution in [0, 0.1) is 17.6 Å². The van der Waals surface area contributed by atoms with Crippen molar-refractivity contribution in [1.82, 2.24) is 5.32 Å². The number of halogens is 2. The number of ether oxygens (including phenoxy) is 1. The predicted molar refractivity (Wildman–Crippen MR) is 125 cm³/mol. The monoisotopic (exact) mass is 465 g/mol. The maximum atomic E-state index is 13.4. The number of carbonyl (C=O) groups excluding carboxylic acids is 2. The number of hydrogen-bond donors (Lipinski definition) is 2. The van der Waals surface area contributed by atoms with E-state index in [9.17, 15) is 18.4 Å². The van der Waals surface area contributed by atoms with Gasteiger partial charge in [-0.1, -0.05) is 30.3 Å². The molecular weight excluding hydrogens is 440 g/mol. The Bertz CT molecular complexity index is 1110.